The standard InChI is InChI=1S/C52H50N4.CH4/c1-39(2)47-15-9-11-19-51(47)55-33-25-43(26-34-55)41-21-29-53(30-22-41)37-45-13-5-7-17-49(45)50-18-8-6-14-46(50)38-54-31-23-42(24-32-54)44-27-35-56(36-28-44)52-20-12-10-16-48(52)40(3)4;/h5-36,39-40H,37-38H2,1-4H3;1H4/q+4;. The number of para-hydroxylation sites is 2. The molecule has 0 amide bonds. The Bertz CT molecular complexity index is 2370. The molecule has 0 aliphatic rings. The number of pyridine rings is 4. The van der Waals surface area contributed by atoms with Gasteiger partial charge in [0.25, 0.3) is 0 Å². The van der Waals surface area contributed by atoms with E-state index < -0.39 is 0 Å². The maximum absolute atomic E-state index is 2.27. The zero-order valence-electron chi connectivity index (χ0n) is 32.8. The van der Waals surface area contributed by atoms with Crippen molar-refractivity contribution in [1.29, 1.82) is 0 Å². The van der Waals surface area contributed by atoms with E-state index in [1.54, 1.807) is 0 Å². The van der Waals surface area contributed by atoms with E-state index >= 15 is 0 Å². The summed E-state index contributed by atoms with van der Waals surface area (Å²) >= 11 is 0. The molecule has 0 aliphatic carbocycles. The molecule has 57 heavy (non-hydrogen) atoms. The van der Waals surface area contributed by atoms with E-state index in [9.17, 15) is 0 Å². The lowest BCUT2D eigenvalue weighted by Crippen LogP contribution is -2.34. The average molecular weight is 747 g/mol. The third-order valence-electron chi connectivity index (χ3n) is 10.8. The second-order valence-corrected chi connectivity index (χ2v) is 15.2. The first-order chi connectivity index (χ1) is 27.4. The first-order valence-corrected chi connectivity index (χ1v) is 19.8. The van der Waals surface area contributed by atoms with Crippen LogP contribution in [0.5, 0.6) is 0 Å². The molecule has 0 fully saturated rings. The zero-order valence-corrected chi connectivity index (χ0v) is 32.8. The Hall–Kier alpha value is -6.52. The Balaban J connectivity index is 0.00000496. The lowest BCUT2D eigenvalue weighted by Gasteiger charge is -2.12. The fourth-order valence-corrected chi connectivity index (χ4v) is 7.73. The van der Waals surface area contributed by atoms with Crippen molar-refractivity contribution in [2.45, 2.75) is 60.0 Å². The molecule has 4 nitrogen and oxygen atoms in total. The van der Waals surface area contributed by atoms with Gasteiger partial charge in [-0.15, -0.1) is 0 Å². The molecule has 8 rings (SSSR count). The van der Waals surface area contributed by atoms with Crippen LogP contribution in [0.1, 0.15) is 69.2 Å². The number of rotatable bonds is 11. The Morgan fingerprint density at radius 2 is 0.649 bits per heavy atom. The fourth-order valence-electron chi connectivity index (χ4n) is 7.73. The van der Waals surface area contributed by atoms with E-state index in [2.05, 4.69) is 241 Å². The Morgan fingerprint density at radius 1 is 0.351 bits per heavy atom. The molecule has 4 aromatic heterocycles. The summed E-state index contributed by atoms with van der Waals surface area (Å²) in [4.78, 5) is 0. The Kier molecular flexibility index (Phi) is 11.9. The lowest BCUT2D eigenvalue weighted by atomic mass is 9.95. The molecular weight excluding hydrogens is 693 g/mol. The van der Waals surface area contributed by atoms with Crippen molar-refractivity contribution in [2.75, 3.05) is 0 Å². The number of nitrogens with zero attached hydrogens (tertiary/aromatic N) is 4. The van der Waals surface area contributed by atoms with Crippen molar-refractivity contribution in [2.24, 2.45) is 0 Å². The van der Waals surface area contributed by atoms with Gasteiger partial charge in [0.1, 0.15) is 0 Å². The topological polar surface area (TPSA) is 15.5 Å². The summed E-state index contributed by atoms with van der Waals surface area (Å²) in [5.41, 5.74) is 15.1. The molecule has 282 valence electrons. The molecule has 4 aromatic carbocycles. The van der Waals surface area contributed by atoms with Crippen LogP contribution < -0.4 is 18.3 Å². The quantitative estimate of drug-likeness (QED) is 0.117. The summed E-state index contributed by atoms with van der Waals surface area (Å²) in [6, 6.07) is 52.6. The molecule has 4 heteroatoms. The van der Waals surface area contributed by atoms with E-state index in [1.807, 2.05) is 0 Å². The van der Waals surface area contributed by atoms with Crippen molar-refractivity contribution >= 4 is 0 Å². The maximum atomic E-state index is 2.27. The summed E-state index contributed by atoms with van der Waals surface area (Å²) in [6.45, 7) is 10.6. The van der Waals surface area contributed by atoms with Gasteiger partial charge in [-0.25, -0.2) is 9.13 Å². The minimum atomic E-state index is 0. The second kappa shape index (κ2) is 17.5. The average Bonchev–Trinajstić information content (AvgIpc) is 3.25. The van der Waals surface area contributed by atoms with Crippen molar-refractivity contribution in [3.05, 3.63) is 217 Å². The molecule has 0 atom stereocenters. The number of hydrogen-bond donors (Lipinski definition) is 0. The smallest absolute Gasteiger partial charge is 0.201 e. The van der Waals surface area contributed by atoms with Crippen LogP contribution in [0.3, 0.4) is 0 Å². The zero-order chi connectivity index (χ0) is 38.4. The normalized spacial score (nSPS) is 11.1. The first-order valence-electron chi connectivity index (χ1n) is 19.8. The van der Waals surface area contributed by atoms with Gasteiger partial charge in [-0.1, -0.05) is 120 Å². The second-order valence-electron chi connectivity index (χ2n) is 15.2. The summed E-state index contributed by atoms with van der Waals surface area (Å²) in [5, 5.41) is 0. The minimum absolute atomic E-state index is 0. The molecule has 0 radical (unpaired) electrons. The molecule has 0 spiro atoms. The van der Waals surface area contributed by atoms with Crippen LogP contribution in [-0.2, 0) is 13.1 Å². The third-order valence-corrected chi connectivity index (χ3v) is 10.8. The van der Waals surface area contributed by atoms with Gasteiger partial charge in [-0.2, -0.15) is 9.13 Å². The summed E-state index contributed by atoms with van der Waals surface area (Å²) in [6.07, 6.45) is 17.5. The molecule has 0 saturated carbocycles. The van der Waals surface area contributed by atoms with E-state index in [0.29, 0.717) is 11.8 Å². The molecule has 4 heterocycles. The maximum Gasteiger partial charge on any atom is 0.214 e. The predicted molar refractivity (Wildman–Crippen MR) is 232 cm³/mol. The Morgan fingerprint density at radius 3 is 1.00 bits per heavy atom. The van der Waals surface area contributed by atoms with Gasteiger partial charge in [0, 0.05) is 82.9 Å². The van der Waals surface area contributed by atoms with Gasteiger partial charge >= 0.3 is 0 Å². The summed E-state index contributed by atoms with van der Waals surface area (Å²) in [7, 11) is 0. The number of aromatic nitrogens is 4. The van der Waals surface area contributed by atoms with Crippen LogP contribution >= 0.6 is 0 Å². The van der Waals surface area contributed by atoms with Crippen molar-refractivity contribution < 1.29 is 18.3 Å². The highest BCUT2D eigenvalue weighted by atomic mass is 15.0. The van der Waals surface area contributed by atoms with Gasteiger partial charge in [0.15, 0.2) is 62.7 Å². The van der Waals surface area contributed by atoms with Gasteiger partial charge in [-0.05, 0) is 45.2 Å². The van der Waals surface area contributed by atoms with E-state index in [-0.39, 0.29) is 7.43 Å². The summed E-state index contributed by atoms with van der Waals surface area (Å²) in [5.74, 6) is 0.929. The molecule has 0 saturated heterocycles. The fraction of sp³-hybridized carbons (Fsp3) is 0.170. The summed E-state index contributed by atoms with van der Waals surface area (Å²) < 4.78 is 8.98. The lowest BCUT2D eigenvalue weighted by molar-refractivity contribution is -0.688. The molecule has 8 aromatic rings. The molecule has 0 N–H and O–H groups in total. The molecule has 0 bridgehead atoms. The molecule has 0 aliphatic heterocycles. The van der Waals surface area contributed by atoms with E-state index in [1.165, 1.54) is 67.0 Å². The Labute approximate surface area is 339 Å². The van der Waals surface area contributed by atoms with Crippen molar-refractivity contribution in [1.82, 2.24) is 0 Å². The van der Waals surface area contributed by atoms with Crippen LogP contribution in [0, 0.1) is 0 Å². The highest BCUT2D eigenvalue weighted by Crippen LogP contribution is 2.28. The van der Waals surface area contributed by atoms with Crippen molar-refractivity contribution in [3.8, 4) is 44.8 Å². The van der Waals surface area contributed by atoms with Gasteiger partial charge < -0.3 is 0 Å². The van der Waals surface area contributed by atoms with Gasteiger partial charge in [0.2, 0.25) is 11.4 Å². The highest BCUT2D eigenvalue weighted by Gasteiger charge is 2.18. The number of hydrogen-bond acceptors (Lipinski definition) is 0. The van der Waals surface area contributed by atoms with E-state index in [4.69, 9.17) is 0 Å². The molecular formula is C53H54N4+4. The van der Waals surface area contributed by atoms with E-state index in [0.717, 1.165) is 13.1 Å². The van der Waals surface area contributed by atoms with Crippen LogP contribution in [0.15, 0.2) is 195 Å². The van der Waals surface area contributed by atoms with Crippen LogP contribution in [0.2, 0.25) is 0 Å². The van der Waals surface area contributed by atoms with Gasteiger partial charge in [0.05, 0.1) is 0 Å². The van der Waals surface area contributed by atoms with Crippen molar-refractivity contribution in [3.63, 3.8) is 0 Å². The van der Waals surface area contributed by atoms with Crippen LogP contribution in [0.4, 0.5) is 0 Å². The highest BCUT2D eigenvalue weighted by molar-refractivity contribution is 5.70. The van der Waals surface area contributed by atoms with Crippen LogP contribution in [-0.4, -0.2) is 0 Å². The predicted octanol–water partition coefficient (Wildman–Crippen LogP) is 10.8. The number of benzene rings is 4. The SMILES string of the molecule is C.CC(C)c1ccccc1-[n+]1ccc(-c2cc[n+](Cc3ccccc3-c3ccccc3C[n+]3ccc(-c4cc[n+](-c5ccccc5C(C)C)cc4)cc3)cc2)cc1. The molecule has 0 unspecified atom stereocenters. The van der Waals surface area contributed by atoms with Gasteiger partial charge in [-0.3, -0.25) is 0 Å². The monoisotopic (exact) mass is 746 g/mol. The third kappa shape index (κ3) is 8.66. The van der Waals surface area contributed by atoms with Crippen LogP contribution in [0.25, 0.3) is 44.8 Å². The minimum Gasteiger partial charge on any atom is -0.201 e. The largest absolute Gasteiger partial charge is 0.214 e. The first kappa shape index (κ1) is 38.7.